The third kappa shape index (κ3) is 2.83. The average molecular weight is 357 g/mol. The molecule has 22 heavy (non-hydrogen) atoms. The van der Waals surface area contributed by atoms with Crippen LogP contribution in [0, 0.1) is 0 Å². The number of hydrogen-bond donors (Lipinski definition) is 1. The number of sulfonamides is 1. The first-order chi connectivity index (χ1) is 10.5. The molecule has 0 radical (unpaired) electrons. The number of ether oxygens (including phenoxy) is 1. The molecule has 5 nitrogen and oxygen atoms in total. The Morgan fingerprint density at radius 2 is 2.14 bits per heavy atom. The van der Waals surface area contributed by atoms with Crippen molar-refractivity contribution in [3.8, 4) is 0 Å². The summed E-state index contributed by atoms with van der Waals surface area (Å²) in [6, 6.07) is 3.47. The largest absolute Gasteiger partial charge is 0.465 e. The van der Waals surface area contributed by atoms with Gasteiger partial charge in [0.25, 0.3) is 0 Å². The molecule has 1 aliphatic rings. The molecule has 0 amide bonds. The monoisotopic (exact) mass is 357 g/mol. The van der Waals surface area contributed by atoms with Gasteiger partial charge in [-0.15, -0.1) is 11.3 Å². The quantitative estimate of drug-likeness (QED) is 0.807. The number of nitrogens with one attached hydrogen (secondary N) is 1. The Morgan fingerprint density at radius 3 is 2.73 bits per heavy atom. The van der Waals surface area contributed by atoms with E-state index in [-0.39, 0.29) is 15.2 Å². The minimum Gasteiger partial charge on any atom is -0.465 e. The minimum atomic E-state index is -3.72. The van der Waals surface area contributed by atoms with Crippen molar-refractivity contribution >= 4 is 38.7 Å². The Hall–Kier alpha value is -1.22. The van der Waals surface area contributed by atoms with Gasteiger partial charge in [0.1, 0.15) is 9.77 Å². The van der Waals surface area contributed by atoms with E-state index in [0.29, 0.717) is 6.54 Å². The van der Waals surface area contributed by atoms with Crippen LogP contribution >= 0.6 is 22.7 Å². The fourth-order valence-corrected chi connectivity index (χ4v) is 5.59. The highest BCUT2D eigenvalue weighted by molar-refractivity contribution is 7.89. The average Bonchev–Trinajstić information content (AvgIpc) is 2.97. The second-order valence-corrected chi connectivity index (χ2v) is 8.65. The van der Waals surface area contributed by atoms with Crippen LogP contribution in [-0.2, 0) is 20.2 Å². The Balaban J connectivity index is 1.78. The van der Waals surface area contributed by atoms with Crippen molar-refractivity contribution in [2.45, 2.75) is 23.2 Å². The zero-order valence-electron chi connectivity index (χ0n) is 11.9. The number of hydrogen-bond acceptors (Lipinski definition) is 6. The van der Waals surface area contributed by atoms with E-state index in [1.54, 1.807) is 16.7 Å². The van der Waals surface area contributed by atoms with Gasteiger partial charge >= 0.3 is 5.97 Å². The van der Waals surface area contributed by atoms with Crippen molar-refractivity contribution in [3.63, 3.8) is 0 Å². The summed E-state index contributed by atoms with van der Waals surface area (Å²) in [4.78, 5) is 11.7. The van der Waals surface area contributed by atoms with Crippen LogP contribution in [-0.4, -0.2) is 28.0 Å². The van der Waals surface area contributed by atoms with Gasteiger partial charge < -0.3 is 4.74 Å². The molecule has 2 aromatic heterocycles. The summed E-state index contributed by atoms with van der Waals surface area (Å²) in [5, 5.41) is 5.64. The number of carbonyl (C=O) groups is 1. The summed E-state index contributed by atoms with van der Waals surface area (Å²) in [6.45, 7) is 0.350. The molecule has 8 heteroatoms. The van der Waals surface area contributed by atoms with Gasteiger partial charge in [-0.1, -0.05) is 0 Å². The molecular weight excluding hydrogens is 342 g/mol. The second kappa shape index (κ2) is 5.77. The van der Waals surface area contributed by atoms with Crippen LogP contribution < -0.4 is 4.72 Å². The van der Waals surface area contributed by atoms with Gasteiger partial charge in [-0.25, -0.2) is 17.9 Å². The maximum atomic E-state index is 12.5. The number of methoxy groups -OCH3 is 1. The third-order valence-corrected chi connectivity index (χ3v) is 7.03. The highest BCUT2D eigenvalue weighted by Gasteiger charge is 2.45. The van der Waals surface area contributed by atoms with Crippen molar-refractivity contribution in [1.82, 2.24) is 4.72 Å². The number of carbonyl (C=O) groups excluding carboxylic acids is 1. The lowest BCUT2D eigenvalue weighted by molar-refractivity contribution is 0.0602. The van der Waals surface area contributed by atoms with E-state index in [1.165, 1.54) is 18.7 Å². The van der Waals surface area contributed by atoms with Crippen LogP contribution in [0.1, 0.15) is 28.1 Å². The van der Waals surface area contributed by atoms with Gasteiger partial charge in [0, 0.05) is 12.0 Å². The van der Waals surface area contributed by atoms with E-state index >= 15 is 0 Å². The molecule has 0 aromatic carbocycles. The van der Waals surface area contributed by atoms with Crippen LogP contribution in [0.15, 0.2) is 33.2 Å². The van der Waals surface area contributed by atoms with E-state index in [9.17, 15) is 13.2 Å². The third-order valence-electron chi connectivity index (χ3n) is 3.88. The van der Waals surface area contributed by atoms with Crippen LogP contribution in [0.2, 0.25) is 0 Å². The Morgan fingerprint density at radius 1 is 1.36 bits per heavy atom. The summed E-state index contributed by atoms with van der Waals surface area (Å²) in [5.74, 6) is -0.630. The van der Waals surface area contributed by atoms with Crippen LogP contribution in [0.5, 0.6) is 0 Å². The van der Waals surface area contributed by atoms with E-state index in [0.717, 1.165) is 24.2 Å². The molecule has 0 unspecified atom stereocenters. The molecule has 1 N–H and O–H groups in total. The van der Waals surface area contributed by atoms with Gasteiger partial charge in [0.2, 0.25) is 10.0 Å². The molecule has 0 saturated heterocycles. The molecule has 1 saturated carbocycles. The molecule has 0 bridgehead atoms. The summed E-state index contributed by atoms with van der Waals surface area (Å²) in [6.07, 6.45) is 1.94. The highest BCUT2D eigenvalue weighted by Crippen LogP contribution is 2.48. The fraction of sp³-hybridized carbons (Fsp3) is 0.357. The Bertz CT molecular complexity index is 773. The minimum absolute atomic E-state index is 0.00883. The lowest BCUT2D eigenvalue weighted by atomic mass is 10.0. The lowest BCUT2D eigenvalue weighted by Gasteiger charge is -2.15. The summed E-state index contributed by atoms with van der Waals surface area (Å²) in [7, 11) is -2.49. The molecule has 1 fully saturated rings. The maximum absolute atomic E-state index is 12.5. The van der Waals surface area contributed by atoms with Crippen molar-refractivity contribution in [1.29, 1.82) is 0 Å². The first-order valence-electron chi connectivity index (χ1n) is 6.67. The fourth-order valence-electron chi connectivity index (χ4n) is 2.35. The summed E-state index contributed by atoms with van der Waals surface area (Å²) < 4.78 is 32.2. The smallest absolute Gasteiger partial charge is 0.349 e. The molecular formula is C14H15NO4S3. The van der Waals surface area contributed by atoms with Crippen molar-refractivity contribution in [2.24, 2.45) is 0 Å². The molecule has 0 atom stereocenters. The van der Waals surface area contributed by atoms with Gasteiger partial charge in [-0.05, 0) is 46.7 Å². The van der Waals surface area contributed by atoms with E-state index in [1.807, 2.05) is 11.4 Å². The predicted molar refractivity (Wildman–Crippen MR) is 86.1 cm³/mol. The highest BCUT2D eigenvalue weighted by atomic mass is 32.2. The predicted octanol–water partition coefficient (Wildman–Crippen LogP) is 2.61. The standard InChI is InChI=1S/C14H15NO4S3/c1-19-13(16)12-11(3-7-21-12)22(17,18)15-9-14(4-5-14)10-2-6-20-8-10/h2-3,6-8,15H,4-5,9H2,1H3. The summed E-state index contributed by atoms with van der Waals surface area (Å²) in [5.41, 5.74) is 1.09. The summed E-state index contributed by atoms with van der Waals surface area (Å²) >= 11 is 2.67. The van der Waals surface area contributed by atoms with E-state index < -0.39 is 16.0 Å². The maximum Gasteiger partial charge on any atom is 0.349 e. The zero-order valence-corrected chi connectivity index (χ0v) is 14.3. The second-order valence-electron chi connectivity index (χ2n) is 5.22. The van der Waals surface area contributed by atoms with Crippen LogP contribution in [0.25, 0.3) is 0 Å². The zero-order chi connectivity index (χ0) is 15.8. The topological polar surface area (TPSA) is 72.5 Å². The molecule has 2 heterocycles. The number of thiophene rings is 2. The molecule has 118 valence electrons. The first-order valence-corrected chi connectivity index (χ1v) is 9.97. The van der Waals surface area contributed by atoms with Gasteiger partial charge in [0.05, 0.1) is 7.11 Å². The normalized spacial score (nSPS) is 16.4. The molecule has 1 aliphatic carbocycles. The Kier molecular flexibility index (Phi) is 4.11. The number of rotatable bonds is 6. The van der Waals surface area contributed by atoms with E-state index in [4.69, 9.17) is 0 Å². The molecule has 3 rings (SSSR count). The van der Waals surface area contributed by atoms with E-state index in [2.05, 4.69) is 14.8 Å². The van der Waals surface area contributed by atoms with Gasteiger partial charge in [0.15, 0.2) is 0 Å². The SMILES string of the molecule is COC(=O)c1sccc1S(=O)(=O)NCC1(c2ccsc2)CC1. The Labute approximate surface area is 137 Å². The van der Waals surface area contributed by atoms with Gasteiger partial charge in [-0.3, -0.25) is 0 Å². The van der Waals surface area contributed by atoms with Crippen molar-refractivity contribution in [2.75, 3.05) is 13.7 Å². The molecule has 0 spiro atoms. The van der Waals surface area contributed by atoms with Crippen molar-refractivity contribution < 1.29 is 17.9 Å². The lowest BCUT2D eigenvalue weighted by Crippen LogP contribution is -2.32. The van der Waals surface area contributed by atoms with Crippen LogP contribution in [0.3, 0.4) is 0 Å². The van der Waals surface area contributed by atoms with Gasteiger partial charge in [-0.2, -0.15) is 11.3 Å². The van der Waals surface area contributed by atoms with Crippen molar-refractivity contribution in [3.05, 3.63) is 38.7 Å². The molecule has 2 aromatic rings. The first kappa shape index (κ1) is 15.7. The molecule has 0 aliphatic heterocycles. The van der Waals surface area contributed by atoms with Crippen LogP contribution in [0.4, 0.5) is 0 Å². The number of esters is 1.